The van der Waals surface area contributed by atoms with Gasteiger partial charge in [0.25, 0.3) is 5.56 Å². The maximum atomic E-state index is 14.6. The molecule has 1 heterocycles. The fraction of sp³-hybridized carbons (Fsp3) is 0.360. The molecule has 0 saturated carbocycles. The smallest absolute Gasteiger partial charge is 0.257 e. The Kier molecular flexibility index (Phi) is 6.50. The van der Waals surface area contributed by atoms with Crippen LogP contribution in [0.5, 0.6) is 0 Å². The van der Waals surface area contributed by atoms with E-state index >= 15 is 0 Å². The van der Waals surface area contributed by atoms with Crippen LogP contribution in [0.1, 0.15) is 49.0 Å². The lowest BCUT2D eigenvalue weighted by atomic mass is 9.78. The molecule has 1 N–H and O–H groups in total. The summed E-state index contributed by atoms with van der Waals surface area (Å²) in [5.74, 6) is -0.743. The molecule has 2 atom stereocenters. The van der Waals surface area contributed by atoms with Gasteiger partial charge in [-0.25, -0.2) is 22.5 Å². The molecule has 0 aliphatic heterocycles. The molecule has 1 aliphatic rings. The highest BCUT2D eigenvalue weighted by Gasteiger charge is 2.35. The van der Waals surface area contributed by atoms with Gasteiger partial charge in [-0.15, -0.1) is 0 Å². The van der Waals surface area contributed by atoms with Crippen LogP contribution >= 0.6 is 0 Å². The van der Waals surface area contributed by atoms with Gasteiger partial charge in [0.2, 0.25) is 10.0 Å². The lowest BCUT2D eigenvalue weighted by Gasteiger charge is -2.33. The molecule has 6 nitrogen and oxygen atoms in total. The second-order valence-electron chi connectivity index (χ2n) is 8.94. The predicted molar refractivity (Wildman–Crippen MR) is 127 cm³/mol. The SMILES string of the molecule is CC(C)n1cnc2c(c1=O)C(Cc1ccc(F)c(-c3ccccc3)c1)C(NS(C)(=O)=O)CC2. The van der Waals surface area contributed by atoms with Gasteiger partial charge in [0.1, 0.15) is 5.82 Å². The third-order valence-electron chi connectivity index (χ3n) is 6.16. The Hall–Kier alpha value is -2.84. The van der Waals surface area contributed by atoms with E-state index in [2.05, 4.69) is 9.71 Å². The third kappa shape index (κ3) is 5.07. The number of fused-ring (bicyclic) bond motifs is 1. The topological polar surface area (TPSA) is 81.1 Å². The highest BCUT2D eigenvalue weighted by Crippen LogP contribution is 2.33. The molecule has 3 aromatic rings. The van der Waals surface area contributed by atoms with E-state index in [0.717, 1.165) is 17.4 Å². The second kappa shape index (κ2) is 9.19. The number of nitrogens with one attached hydrogen (secondary N) is 1. The summed E-state index contributed by atoms with van der Waals surface area (Å²) in [6.45, 7) is 3.82. The standard InChI is InChI=1S/C25H28FN3O3S/c1-16(2)29-15-27-23-12-11-22(28-33(3,31)32)20(24(23)25(29)30)14-17-9-10-21(26)19(13-17)18-7-5-4-6-8-18/h4-10,13,15-16,20,22,28H,11-12,14H2,1-3H3. The minimum absolute atomic E-state index is 0.0744. The Labute approximate surface area is 193 Å². The molecule has 0 spiro atoms. The molecular weight excluding hydrogens is 441 g/mol. The first-order valence-corrected chi connectivity index (χ1v) is 12.9. The number of hydrogen-bond acceptors (Lipinski definition) is 4. The van der Waals surface area contributed by atoms with Crippen LogP contribution in [0.4, 0.5) is 4.39 Å². The Morgan fingerprint density at radius 3 is 2.58 bits per heavy atom. The number of sulfonamides is 1. The fourth-order valence-electron chi connectivity index (χ4n) is 4.60. The van der Waals surface area contributed by atoms with E-state index < -0.39 is 22.0 Å². The molecule has 0 fully saturated rings. The molecule has 1 aromatic heterocycles. The summed E-state index contributed by atoms with van der Waals surface area (Å²) in [6.07, 6.45) is 4.14. The van der Waals surface area contributed by atoms with E-state index in [1.54, 1.807) is 23.0 Å². The molecule has 4 rings (SSSR count). The Morgan fingerprint density at radius 1 is 1.18 bits per heavy atom. The van der Waals surface area contributed by atoms with Crippen LogP contribution < -0.4 is 10.3 Å². The van der Waals surface area contributed by atoms with Crippen LogP contribution in [-0.2, 0) is 22.9 Å². The van der Waals surface area contributed by atoms with E-state index in [1.807, 2.05) is 44.2 Å². The largest absolute Gasteiger partial charge is 0.296 e. The van der Waals surface area contributed by atoms with E-state index in [9.17, 15) is 17.6 Å². The van der Waals surface area contributed by atoms with Crippen molar-refractivity contribution < 1.29 is 12.8 Å². The molecule has 0 radical (unpaired) electrons. The van der Waals surface area contributed by atoms with Crippen LogP contribution in [0.15, 0.2) is 59.7 Å². The molecule has 2 unspecified atom stereocenters. The quantitative estimate of drug-likeness (QED) is 0.595. The fourth-order valence-corrected chi connectivity index (χ4v) is 5.44. The van der Waals surface area contributed by atoms with Crippen molar-refractivity contribution in [3.05, 3.63) is 87.9 Å². The molecule has 0 amide bonds. The van der Waals surface area contributed by atoms with Crippen LogP contribution in [-0.4, -0.2) is 30.3 Å². The number of benzene rings is 2. The van der Waals surface area contributed by atoms with Crippen molar-refractivity contribution in [1.29, 1.82) is 0 Å². The molecule has 2 aromatic carbocycles. The molecule has 0 saturated heterocycles. The average Bonchev–Trinajstić information content (AvgIpc) is 2.76. The van der Waals surface area contributed by atoms with Gasteiger partial charge in [0.05, 0.1) is 18.3 Å². The zero-order valence-corrected chi connectivity index (χ0v) is 19.8. The molecule has 174 valence electrons. The zero-order chi connectivity index (χ0) is 23.8. The van der Waals surface area contributed by atoms with E-state index in [4.69, 9.17) is 0 Å². The highest BCUT2D eigenvalue weighted by atomic mass is 32.2. The summed E-state index contributed by atoms with van der Waals surface area (Å²) < 4.78 is 43.1. The molecule has 1 aliphatic carbocycles. The van der Waals surface area contributed by atoms with Crippen LogP contribution in [0.25, 0.3) is 11.1 Å². The van der Waals surface area contributed by atoms with Crippen LogP contribution in [0.3, 0.4) is 0 Å². The number of aromatic nitrogens is 2. The second-order valence-corrected chi connectivity index (χ2v) is 10.7. The first kappa shape index (κ1) is 23.3. The monoisotopic (exact) mass is 469 g/mol. The van der Waals surface area contributed by atoms with Gasteiger partial charge in [-0.1, -0.05) is 36.4 Å². The number of nitrogens with zero attached hydrogens (tertiary/aromatic N) is 2. The Bertz CT molecular complexity index is 1320. The van der Waals surface area contributed by atoms with Gasteiger partial charge in [-0.2, -0.15) is 0 Å². The Morgan fingerprint density at radius 2 is 1.91 bits per heavy atom. The van der Waals surface area contributed by atoms with Crippen LogP contribution in [0, 0.1) is 5.82 Å². The zero-order valence-electron chi connectivity index (χ0n) is 19.0. The van der Waals surface area contributed by atoms with E-state index in [1.165, 1.54) is 6.07 Å². The molecule has 8 heteroatoms. The lowest BCUT2D eigenvalue weighted by molar-refractivity contribution is 0.413. The van der Waals surface area contributed by atoms with E-state index in [0.29, 0.717) is 36.1 Å². The van der Waals surface area contributed by atoms with Crippen molar-refractivity contribution in [2.75, 3.05) is 6.26 Å². The van der Waals surface area contributed by atoms with Gasteiger partial charge in [-0.3, -0.25) is 9.36 Å². The normalized spacial score (nSPS) is 18.3. The van der Waals surface area contributed by atoms with Crippen molar-refractivity contribution in [2.24, 2.45) is 0 Å². The summed E-state index contributed by atoms with van der Waals surface area (Å²) in [6, 6.07) is 13.7. The van der Waals surface area contributed by atoms with Crippen molar-refractivity contribution in [1.82, 2.24) is 14.3 Å². The van der Waals surface area contributed by atoms with E-state index in [-0.39, 0.29) is 17.4 Å². The van der Waals surface area contributed by atoms with Crippen molar-refractivity contribution >= 4 is 10.0 Å². The highest BCUT2D eigenvalue weighted by molar-refractivity contribution is 7.88. The Balaban J connectivity index is 1.80. The number of halogens is 1. The maximum Gasteiger partial charge on any atom is 0.257 e. The average molecular weight is 470 g/mol. The van der Waals surface area contributed by atoms with Crippen molar-refractivity contribution in [2.45, 2.75) is 51.1 Å². The predicted octanol–water partition coefficient (Wildman–Crippen LogP) is 3.82. The molecular formula is C25H28FN3O3S. The summed E-state index contributed by atoms with van der Waals surface area (Å²) in [7, 11) is -3.49. The van der Waals surface area contributed by atoms with Crippen LogP contribution in [0.2, 0.25) is 0 Å². The summed E-state index contributed by atoms with van der Waals surface area (Å²) in [4.78, 5) is 17.9. The van der Waals surface area contributed by atoms with Crippen molar-refractivity contribution in [3.63, 3.8) is 0 Å². The number of rotatable bonds is 6. The maximum absolute atomic E-state index is 14.6. The lowest BCUT2D eigenvalue weighted by Crippen LogP contribution is -2.45. The van der Waals surface area contributed by atoms with Gasteiger partial charge in [-0.05, 0) is 56.4 Å². The van der Waals surface area contributed by atoms with Gasteiger partial charge < -0.3 is 0 Å². The van der Waals surface area contributed by atoms with Gasteiger partial charge >= 0.3 is 0 Å². The van der Waals surface area contributed by atoms with Crippen molar-refractivity contribution in [3.8, 4) is 11.1 Å². The summed E-state index contributed by atoms with van der Waals surface area (Å²) in [5, 5.41) is 0. The third-order valence-corrected chi connectivity index (χ3v) is 6.89. The minimum Gasteiger partial charge on any atom is -0.296 e. The summed E-state index contributed by atoms with van der Waals surface area (Å²) >= 11 is 0. The molecule has 33 heavy (non-hydrogen) atoms. The minimum atomic E-state index is -3.49. The number of aryl methyl sites for hydroxylation is 1. The first-order chi connectivity index (χ1) is 15.6. The van der Waals surface area contributed by atoms with Gasteiger partial charge in [0.15, 0.2) is 0 Å². The number of hydrogen-bond donors (Lipinski definition) is 1. The van der Waals surface area contributed by atoms with Gasteiger partial charge in [0, 0.05) is 29.1 Å². The first-order valence-electron chi connectivity index (χ1n) is 11.0. The summed E-state index contributed by atoms with van der Waals surface area (Å²) in [5.41, 5.74) is 3.17. The molecule has 0 bridgehead atoms.